The molecule has 2 aromatic carbocycles. The summed E-state index contributed by atoms with van der Waals surface area (Å²) in [5, 5.41) is 0. The minimum Gasteiger partial charge on any atom is -0.367 e. The molecule has 0 fully saturated rings. The van der Waals surface area contributed by atoms with Crippen LogP contribution in [0.3, 0.4) is 0 Å². The zero-order valence-corrected chi connectivity index (χ0v) is 11.7. The predicted octanol–water partition coefficient (Wildman–Crippen LogP) is 4.64. The highest BCUT2D eigenvalue weighted by molar-refractivity contribution is 5.17. The topological polar surface area (TPSA) is 9.23 Å². The Hall–Kier alpha value is -2.00. The lowest BCUT2D eigenvalue weighted by molar-refractivity contribution is -0.111. The average molecular weight is 288 g/mol. The summed E-state index contributed by atoms with van der Waals surface area (Å²) in [7, 11) is 0. The zero-order chi connectivity index (χ0) is 15.1. The number of rotatable bonds is 7. The van der Waals surface area contributed by atoms with Gasteiger partial charge in [0.05, 0.1) is 6.61 Å². The van der Waals surface area contributed by atoms with Crippen molar-refractivity contribution in [2.45, 2.75) is 25.1 Å². The van der Waals surface area contributed by atoms with E-state index in [-0.39, 0.29) is 13.0 Å². The van der Waals surface area contributed by atoms with E-state index in [1.54, 1.807) is 0 Å². The van der Waals surface area contributed by atoms with Crippen molar-refractivity contribution in [2.75, 3.05) is 0 Å². The Kier molecular flexibility index (Phi) is 5.23. The molecule has 0 saturated carbocycles. The molecule has 0 bridgehead atoms. The molecule has 0 aliphatic rings. The molecule has 0 radical (unpaired) electrons. The zero-order valence-electron chi connectivity index (χ0n) is 11.7. The van der Waals surface area contributed by atoms with Crippen molar-refractivity contribution < 1.29 is 13.5 Å². The van der Waals surface area contributed by atoms with Crippen molar-refractivity contribution in [2.24, 2.45) is 0 Å². The average Bonchev–Trinajstić information content (AvgIpc) is 2.53. The first-order valence-electron chi connectivity index (χ1n) is 6.82. The number of ether oxygens (including phenoxy) is 1. The van der Waals surface area contributed by atoms with Crippen molar-refractivity contribution in [3.05, 3.63) is 84.4 Å². The fraction of sp³-hybridized carbons (Fsp3) is 0.222. The van der Waals surface area contributed by atoms with Gasteiger partial charge in [-0.3, -0.25) is 0 Å². The Bertz CT molecular complexity index is 552. The maximum absolute atomic E-state index is 14.0. The molecule has 0 N–H and O–H groups in total. The molecular formula is C18H18F2O. The first-order valence-corrected chi connectivity index (χ1v) is 6.82. The van der Waals surface area contributed by atoms with Gasteiger partial charge in [-0.2, -0.15) is 8.78 Å². The van der Waals surface area contributed by atoms with Crippen molar-refractivity contribution >= 4 is 0 Å². The standard InChI is InChI=1S/C18H18F2O/c1-2-18(19,20)17(13-15-9-5-3-6-10-15)21-14-16-11-7-4-8-12-16/h2-12,17H,1,13-14H2. The molecule has 110 valence electrons. The van der Waals surface area contributed by atoms with Crippen LogP contribution in [0.15, 0.2) is 73.3 Å². The van der Waals surface area contributed by atoms with Crippen LogP contribution in [0.4, 0.5) is 8.78 Å². The quantitative estimate of drug-likeness (QED) is 0.675. The third-order valence-corrected chi connectivity index (χ3v) is 3.26. The van der Waals surface area contributed by atoms with Crippen molar-refractivity contribution in [1.29, 1.82) is 0 Å². The van der Waals surface area contributed by atoms with Crippen LogP contribution in [-0.4, -0.2) is 12.0 Å². The fourth-order valence-corrected chi connectivity index (χ4v) is 2.04. The van der Waals surface area contributed by atoms with Crippen molar-refractivity contribution in [1.82, 2.24) is 0 Å². The van der Waals surface area contributed by atoms with Crippen LogP contribution in [0, 0.1) is 0 Å². The molecule has 1 unspecified atom stereocenters. The van der Waals surface area contributed by atoms with E-state index >= 15 is 0 Å². The maximum atomic E-state index is 14.0. The summed E-state index contributed by atoms with van der Waals surface area (Å²) in [6.07, 6.45) is -0.421. The van der Waals surface area contributed by atoms with Crippen LogP contribution < -0.4 is 0 Å². The molecule has 0 aromatic heterocycles. The lowest BCUT2D eigenvalue weighted by Crippen LogP contribution is -2.35. The number of halogens is 2. The van der Waals surface area contributed by atoms with E-state index < -0.39 is 12.0 Å². The van der Waals surface area contributed by atoms with Gasteiger partial charge in [-0.05, 0) is 17.2 Å². The van der Waals surface area contributed by atoms with Gasteiger partial charge in [0, 0.05) is 6.42 Å². The largest absolute Gasteiger partial charge is 0.367 e. The van der Waals surface area contributed by atoms with Crippen molar-refractivity contribution in [3.63, 3.8) is 0 Å². The van der Waals surface area contributed by atoms with Gasteiger partial charge in [0.1, 0.15) is 6.10 Å². The van der Waals surface area contributed by atoms with Crippen LogP contribution in [0.25, 0.3) is 0 Å². The second-order valence-electron chi connectivity index (χ2n) is 4.85. The summed E-state index contributed by atoms with van der Waals surface area (Å²) in [5.41, 5.74) is 1.69. The maximum Gasteiger partial charge on any atom is 0.292 e. The van der Waals surface area contributed by atoms with Gasteiger partial charge in [-0.25, -0.2) is 0 Å². The van der Waals surface area contributed by atoms with E-state index in [1.165, 1.54) is 0 Å². The summed E-state index contributed by atoms with van der Waals surface area (Å²) in [6, 6.07) is 18.4. The van der Waals surface area contributed by atoms with E-state index in [9.17, 15) is 8.78 Å². The molecule has 2 rings (SSSR count). The van der Waals surface area contributed by atoms with Gasteiger partial charge in [0.15, 0.2) is 0 Å². The second-order valence-corrected chi connectivity index (χ2v) is 4.85. The first kappa shape index (κ1) is 15.4. The highest BCUT2D eigenvalue weighted by Crippen LogP contribution is 2.26. The highest BCUT2D eigenvalue weighted by atomic mass is 19.3. The molecular weight excluding hydrogens is 270 g/mol. The molecule has 0 amide bonds. The lowest BCUT2D eigenvalue weighted by atomic mass is 10.0. The summed E-state index contributed by atoms with van der Waals surface area (Å²) in [6.45, 7) is 3.37. The summed E-state index contributed by atoms with van der Waals surface area (Å²) in [5.74, 6) is -3.06. The van der Waals surface area contributed by atoms with Gasteiger partial charge >= 0.3 is 0 Å². The Labute approximate surface area is 123 Å². The smallest absolute Gasteiger partial charge is 0.292 e. The SMILES string of the molecule is C=CC(F)(F)C(Cc1ccccc1)OCc1ccccc1. The minimum absolute atomic E-state index is 0.146. The fourth-order valence-electron chi connectivity index (χ4n) is 2.04. The molecule has 1 nitrogen and oxygen atoms in total. The van der Waals surface area contributed by atoms with Crippen LogP contribution in [0.5, 0.6) is 0 Å². The summed E-state index contributed by atoms with van der Waals surface area (Å²) in [4.78, 5) is 0. The molecule has 0 spiro atoms. The second kappa shape index (κ2) is 7.14. The molecule has 2 aromatic rings. The number of hydrogen-bond acceptors (Lipinski definition) is 1. The molecule has 0 saturated heterocycles. The van der Waals surface area contributed by atoms with Crippen LogP contribution >= 0.6 is 0 Å². The summed E-state index contributed by atoms with van der Waals surface area (Å²) < 4.78 is 33.4. The molecule has 21 heavy (non-hydrogen) atoms. The lowest BCUT2D eigenvalue weighted by Gasteiger charge is -2.24. The minimum atomic E-state index is -3.06. The van der Waals surface area contributed by atoms with Gasteiger partial charge < -0.3 is 4.74 Å². The van der Waals surface area contributed by atoms with Crippen LogP contribution in [-0.2, 0) is 17.8 Å². The predicted molar refractivity (Wildman–Crippen MR) is 80.3 cm³/mol. The first-order chi connectivity index (χ1) is 10.1. The van der Waals surface area contributed by atoms with Crippen LogP contribution in [0.1, 0.15) is 11.1 Å². The number of hydrogen-bond donors (Lipinski definition) is 0. The van der Waals surface area contributed by atoms with E-state index in [2.05, 4.69) is 6.58 Å². The van der Waals surface area contributed by atoms with E-state index in [0.717, 1.165) is 11.1 Å². The van der Waals surface area contributed by atoms with E-state index in [1.807, 2.05) is 60.7 Å². The summed E-state index contributed by atoms with van der Waals surface area (Å²) >= 11 is 0. The Morgan fingerprint density at radius 2 is 1.48 bits per heavy atom. The third-order valence-electron chi connectivity index (χ3n) is 3.26. The Morgan fingerprint density at radius 3 is 2.00 bits per heavy atom. The highest BCUT2D eigenvalue weighted by Gasteiger charge is 2.37. The molecule has 3 heteroatoms. The molecule has 0 aliphatic carbocycles. The molecule has 1 atom stereocenters. The normalized spacial score (nSPS) is 12.9. The number of alkyl halides is 2. The molecule has 0 heterocycles. The van der Waals surface area contributed by atoms with Gasteiger partial charge in [-0.15, -0.1) is 0 Å². The Morgan fingerprint density at radius 1 is 0.952 bits per heavy atom. The van der Waals surface area contributed by atoms with Gasteiger partial charge in [0.25, 0.3) is 5.92 Å². The molecule has 0 aliphatic heterocycles. The van der Waals surface area contributed by atoms with Crippen molar-refractivity contribution in [3.8, 4) is 0 Å². The van der Waals surface area contributed by atoms with Gasteiger partial charge in [0.2, 0.25) is 0 Å². The van der Waals surface area contributed by atoms with E-state index in [0.29, 0.717) is 6.08 Å². The Balaban J connectivity index is 2.07. The van der Waals surface area contributed by atoms with Gasteiger partial charge in [-0.1, -0.05) is 67.2 Å². The third kappa shape index (κ3) is 4.50. The van der Waals surface area contributed by atoms with E-state index in [4.69, 9.17) is 4.74 Å². The van der Waals surface area contributed by atoms with Crippen LogP contribution in [0.2, 0.25) is 0 Å². The monoisotopic (exact) mass is 288 g/mol. The number of benzene rings is 2.